The second-order valence-electron chi connectivity index (χ2n) is 13.9. The first-order valence-corrected chi connectivity index (χ1v) is 19.0. The molecule has 4 N–H and O–H groups in total. The zero-order chi connectivity index (χ0) is 37.8. The van der Waals surface area contributed by atoms with Crippen molar-refractivity contribution < 1.29 is 179 Å². The zero-order valence-electron chi connectivity index (χ0n) is 32.3. The minimum Gasteiger partial charge on any atom is -0.748 e. The summed E-state index contributed by atoms with van der Waals surface area (Å²) in [5.41, 5.74) is 1.30. The standard InChI is InChI=1S/C16H24N2O7S.C16H23NO6S.4Na/c1-16(2)8-10(9-26(22,23)24)11-6-14(25-17)13(19)7-12(11)18(16)5-3-4-15(20)21;1-16(2)9-11(10-24(21,22)23)13-6-5-12(18)8-14(13)17(16)7-3-4-15(19)20;;;;/h6-7,10,19H,3-5,8-9,17H2,1-2H3,(H,20,21)(H,22,23,24);5-6,8,11,18H,3-4,7,9-10H2,1-2H3,(H,19,20)(H,21,22,23);;;;/q;;4*+1/p-4. The van der Waals surface area contributed by atoms with Gasteiger partial charge in [-0.05, 0) is 89.5 Å². The largest absolute Gasteiger partial charge is 1.00 e. The molecule has 2 atom stereocenters. The van der Waals surface area contributed by atoms with Gasteiger partial charge in [-0.15, -0.1) is 0 Å². The first-order valence-electron chi connectivity index (χ1n) is 15.8. The monoisotopic (exact) mass is 833 g/mol. The maximum atomic E-state index is 11.3. The number of rotatable bonds is 13. The Morgan fingerprint density at radius 3 is 1.56 bits per heavy atom. The van der Waals surface area contributed by atoms with Gasteiger partial charge >= 0.3 is 118 Å². The van der Waals surface area contributed by atoms with E-state index in [1.54, 1.807) is 6.07 Å². The first-order chi connectivity index (χ1) is 22.9. The van der Waals surface area contributed by atoms with Crippen LogP contribution in [0.2, 0.25) is 0 Å². The third-order valence-electron chi connectivity index (χ3n) is 9.00. The van der Waals surface area contributed by atoms with Crippen LogP contribution in [-0.4, -0.2) is 83.8 Å². The van der Waals surface area contributed by atoms with Gasteiger partial charge in [0.05, 0.1) is 20.2 Å². The number of carbonyl (C=O) groups excluding carboxylic acids is 2. The molecule has 280 valence electrons. The summed E-state index contributed by atoms with van der Waals surface area (Å²) >= 11 is 0. The minimum atomic E-state index is -4.48. The number of nitrogens with zero attached hydrogens (tertiary/aromatic N) is 2. The Balaban J connectivity index is 0. The minimum absolute atomic E-state index is 0. The van der Waals surface area contributed by atoms with E-state index in [-0.39, 0.29) is 148 Å². The average Bonchev–Trinajstić information content (AvgIpc) is 2.94. The van der Waals surface area contributed by atoms with Crippen molar-refractivity contribution in [3.05, 3.63) is 41.5 Å². The number of fused-ring (bicyclic) bond motifs is 2. The molecule has 16 nitrogen and oxygen atoms in total. The molecule has 2 aromatic carbocycles. The number of phenols is 2. The van der Waals surface area contributed by atoms with Gasteiger partial charge in [-0.1, -0.05) is 6.07 Å². The number of anilines is 2. The number of hydrogen-bond donors (Lipinski definition) is 3. The van der Waals surface area contributed by atoms with Crippen LogP contribution in [-0.2, 0) is 29.8 Å². The van der Waals surface area contributed by atoms with Crippen molar-refractivity contribution in [1.29, 1.82) is 0 Å². The molecule has 0 amide bonds. The molecule has 0 radical (unpaired) electrons. The number of nitrogens with two attached hydrogens (primary N) is 1. The summed E-state index contributed by atoms with van der Waals surface area (Å²) in [5, 5.41) is 41.2. The molecule has 0 aromatic heterocycles. The Labute approximate surface area is 405 Å². The van der Waals surface area contributed by atoms with Crippen molar-refractivity contribution in [1.82, 2.24) is 0 Å². The normalized spacial score (nSPS) is 18.0. The van der Waals surface area contributed by atoms with Crippen LogP contribution in [0.15, 0.2) is 30.3 Å². The van der Waals surface area contributed by atoms with Crippen molar-refractivity contribution in [2.45, 2.75) is 89.1 Å². The van der Waals surface area contributed by atoms with Crippen LogP contribution < -0.4 is 149 Å². The fourth-order valence-corrected chi connectivity index (χ4v) is 8.62. The van der Waals surface area contributed by atoms with E-state index in [2.05, 4.69) is 4.84 Å². The van der Waals surface area contributed by atoms with Gasteiger partial charge in [-0.2, -0.15) is 5.90 Å². The number of carboxylic acid groups (broad SMARTS) is 2. The molecule has 0 saturated heterocycles. The molecule has 0 aliphatic carbocycles. The summed E-state index contributed by atoms with van der Waals surface area (Å²) < 4.78 is 67.6. The van der Waals surface area contributed by atoms with E-state index in [9.17, 15) is 56.0 Å². The fraction of sp³-hybridized carbons (Fsp3) is 0.562. The van der Waals surface area contributed by atoms with Crippen LogP contribution in [0.25, 0.3) is 0 Å². The predicted molar refractivity (Wildman–Crippen MR) is 176 cm³/mol. The van der Waals surface area contributed by atoms with Crippen LogP contribution in [0.1, 0.15) is 89.2 Å². The molecule has 0 spiro atoms. The van der Waals surface area contributed by atoms with Gasteiger partial charge in [-0.3, -0.25) is 0 Å². The van der Waals surface area contributed by atoms with Gasteiger partial charge in [0.2, 0.25) is 0 Å². The molecule has 0 saturated carbocycles. The third-order valence-corrected chi connectivity index (χ3v) is 10.6. The summed E-state index contributed by atoms with van der Waals surface area (Å²) in [7, 11) is -8.87. The number of aromatic hydroxyl groups is 2. The number of carbonyl (C=O) groups is 2. The maximum Gasteiger partial charge on any atom is 1.00 e. The molecule has 4 rings (SSSR count). The smallest absolute Gasteiger partial charge is 0.748 e. The Morgan fingerprint density at radius 1 is 0.759 bits per heavy atom. The second kappa shape index (κ2) is 23.1. The quantitative estimate of drug-likeness (QED) is 0.0960. The molecule has 22 heteroatoms. The number of phenolic OH excluding ortho intramolecular Hbond substituents is 2. The van der Waals surface area contributed by atoms with Gasteiger partial charge in [0.1, 0.15) is 5.75 Å². The number of carboxylic acids is 2. The van der Waals surface area contributed by atoms with Gasteiger partial charge in [0, 0.05) is 83.0 Å². The van der Waals surface area contributed by atoms with Crippen LogP contribution in [0.5, 0.6) is 17.2 Å². The average molecular weight is 834 g/mol. The SMILES string of the molecule is CC1(C)CC(CS(=O)(=O)[O-])c2cc(ON)c(O)cc2N1CCCC(=O)[O-].CC1(C)CC(CS(=O)(=O)[O-])c2ccc(O)cc2N1CCCC(=O)[O-].[Na+].[Na+].[Na+].[Na+]. The van der Waals surface area contributed by atoms with E-state index in [0.29, 0.717) is 61.3 Å². The van der Waals surface area contributed by atoms with Crippen LogP contribution in [0.4, 0.5) is 11.4 Å². The Bertz CT molecular complexity index is 1800. The van der Waals surface area contributed by atoms with E-state index in [1.165, 1.54) is 24.3 Å². The molecule has 54 heavy (non-hydrogen) atoms. The number of aliphatic carboxylic acids is 2. The van der Waals surface area contributed by atoms with E-state index in [4.69, 9.17) is 5.90 Å². The number of benzene rings is 2. The first kappa shape index (κ1) is 56.3. The Morgan fingerprint density at radius 2 is 1.17 bits per heavy atom. The fourth-order valence-electron chi connectivity index (χ4n) is 7.04. The molecule has 2 aliphatic rings. The number of hydrogen-bond acceptors (Lipinski definition) is 16. The van der Waals surface area contributed by atoms with Gasteiger partial charge < -0.3 is 53.8 Å². The zero-order valence-corrected chi connectivity index (χ0v) is 41.9. The van der Waals surface area contributed by atoms with Crippen LogP contribution in [0.3, 0.4) is 0 Å². The summed E-state index contributed by atoms with van der Waals surface area (Å²) in [6, 6.07) is 7.42. The molecule has 2 aliphatic heterocycles. The van der Waals surface area contributed by atoms with Gasteiger partial charge in [-0.25, -0.2) is 16.8 Å². The molecular formula is C32H43N3Na4O13S2. The van der Waals surface area contributed by atoms with E-state index in [0.717, 1.165) is 0 Å². The maximum absolute atomic E-state index is 11.3. The van der Waals surface area contributed by atoms with Crippen molar-refractivity contribution >= 4 is 43.5 Å². The predicted octanol–water partition coefficient (Wildman–Crippen LogP) is -11.7. The third kappa shape index (κ3) is 16.4. The topological polar surface area (TPSA) is 277 Å². The molecular weight excluding hydrogens is 790 g/mol. The second-order valence-corrected chi connectivity index (χ2v) is 16.8. The molecule has 2 heterocycles. The summed E-state index contributed by atoms with van der Waals surface area (Å²) in [5.74, 6) is 0.440. The summed E-state index contributed by atoms with van der Waals surface area (Å²) in [6.45, 7) is 8.32. The van der Waals surface area contributed by atoms with Crippen LogP contribution >= 0.6 is 0 Å². The Hall–Kier alpha value is 0.160. The van der Waals surface area contributed by atoms with E-state index in [1.807, 2.05) is 37.5 Å². The summed E-state index contributed by atoms with van der Waals surface area (Å²) in [6.07, 6.45) is 1.26. The van der Waals surface area contributed by atoms with Crippen molar-refractivity contribution in [2.24, 2.45) is 5.90 Å². The molecule has 2 unspecified atom stereocenters. The van der Waals surface area contributed by atoms with E-state index >= 15 is 0 Å². The van der Waals surface area contributed by atoms with Crippen molar-refractivity contribution in [3.8, 4) is 17.2 Å². The Kier molecular flexibility index (Phi) is 24.0. The molecule has 0 bridgehead atoms. The van der Waals surface area contributed by atoms with E-state index < -0.39 is 66.6 Å². The van der Waals surface area contributed by atoms with Gasteiger partial charge in [0.25, 0.3) is 0 Å². The van der Waals surface area contributed by atoms with Gasteiger partial charge in [0.15, 0.2) is 11.5 Å². The molecule has 2 aromatic rings. The summed E-state index contributed by atoms with van der Waals surface area (Å²) in [4.78, 5) is 29.8. The van der Waals surface area contributed by atoms with Crippen molar-refractivity contribution in [3.63, 3.8) is 0 Å². The van der Waals surface area contributed by atoms with Crippen molar-refractivity contribution in [2.75, 3.05) is 34.4 Å². The molecule has 0 fully saturated rings. The van der Waals surface area contributed by atoms with Crippen LogP contribution in [0, 0.1) is 0 Å².